The van der Waals surface area contributed by atoms with Crippen LogP contribution in [0.25, 0.3) is 16.2 Å². The predicted octanol–water partition coefficient (Wildman–Crippen LogP) is 4.58. The number of rotatable bonds is 5. The quantitative estimate of drug-likeness (QED) is 0.702. The van der Waals surface area contributed by atoms with Crippen molar-refractivity contribution >= 4 is 33.5 Å². The Morgan fingerprint density at radius 3 is 2.73 bits per heavy atom. The van der Waals surface area contributed by atoms with Crippen molar-refractivity contribution in [1.82, 2.24) is 0 Å². The molecule has 3 rings (SSSR count). The number of ether oxygens (including phenoxy) is 1. The molecule has 0 unspecified atom stereocenters. The van der Waals surface area contributed by atoms with Crippen LogP contribution in [-0.4, -0.2) is 11.1 Å². The van der Waals surface area contributed by atoms with E-state index in [9.17, 15) is 4.79 Å². The van der Waals surface area contributed by atoms with Gasteiger partial charge in [0.2, 0.25) is 0 Å². The molecule has 0 amide bonds. The first-order valence-corrected chi connectivity index (χ1v) is 7.64. The van der Waals surface area contributed by atoms with Crippen molar-refractivity contribution in [2.75, 3.05) is 0 Å². The first-order chi connectivity index (χ1) is 10.7. The van der Waals surface area contributed by atoms with Gasteiger partial charge in [0, 0.05) is 21.0 Å². The summed E-state index contributed by atoms with van der Waals surface area (Å²) >= 11 is 1.54. The van der Waals surface area contributed by atoms with Gasteiger partial charge in [0.05, 0.1) is 0 Å². The van der Waals surface area contributed by atoms with E-state index in [4.69, 9.17) is 9.84 Å². The summed E-state index contributed by atoms with van der Waals surface area (Å²) in [6.45, 7) is 0.510. The van der Waals surface area contributed by atoms with Crippen LogP contribution in [0.4, 0.5) is 0 Å². The third-order valence-corrected chi connectivity index (χ3v) is 4.23. The minimum atomic E-state index is -0.946. The number of fused-ring (bicyclic) bond motifs is 1. The maximum absolute atomic E-state index is 10.6. The molecule has 22 heavy (non-hydrogen) atoms. The summed E-state index contributed by atoms with van der Waals surface area (Å²) in [4.78, 5) is 11.5. The van der Waals surface area contributed by atoms with E-state index >= 15 is 0 Å². The van der Waals surface area contributed by atoms with Crippen molar-refractivity contribution in [3.8, 4) is 5.75 Å². The zero-order valence-electron chi connectivity index (χ0n) is 11.7. The average Bonchev–Trinajstić information content (AvgIpc) is 2.95. The number of aliphatic carboxylic acids is 1. The Hall–Kier alpha value is -2.59. The van der Waals surface area contributed by atoms with Gasteiger partial charge >= 0.3 is 5.97 Å². The molecule has 0 aliphatic carbocycles. The summed E-state index contributed by atoms with van der Waals surface area (Å²) in [7, 11) is 0. The highest BCUT2D eigenvalue weighted by Crippen LogP contribution is 2.33. The number of carbonyl (C=O) groups is 1. The van der Waals surface area contributed by atoms with Gasteiger partial charge in [0.25, 0.3) is 0 Å². The second-order valence-corrected chi connectivity index (χ2v) is 5.88. The molecule has 0 radical (unpaired) electrons. The second kappa shape index (κ2) is 6.45. The molecular formula is C18H14O3S. The lowest BCUT2D eigenvalue weighted by atomic mass is 10.2. The second-order valence-electron chi connectivity index (χ2n) is 4.76. The van der Waals surface area contributed by atoms with E-state index in [0.29, 0.717) is 6.61 Å². The van der Waals surface area contributed by atoms with Gasteiger partial charge in [-0.1, -0.05) is 36.4 Å². The van der Waals surface area contributed by atoms with E-state index < -0.39 is 5.97 Å². The van der Waals surface area contributed by atoms with Crippen LogP contribution in [0.1, 0.15) is 10.4 Å². The zero-order chi connectivity index (χ0) is 15.4. The Kier molecular flexibility index (Phi) is 4.21. The van der Waals surface area contributed by atoms with Gasteiger partial charge in [-0.3, -0.25) is 0 Å². The summed E-state index contributed by atoms with van der Waals surface area (Å²) in [5.74, 6) is -0.134. The van der Waals surface area contributed by atoms with Gasteiger partial charge in [-0.05, 0) is 29.8 Å². The van der Waals surface area contributed by atoms with Crippen LogP contribution in [0.5, 0.6) is 5.75 Å². The minimum absolute atomic E-state index is 0.510. The maximum Gasteiger partial charge on any atom is 0.328 e. The average molecular weight is 310 g/mol. The van der Waals surface area contributed by atoms with Crippen LogP contribution in [0.2, 0.25) is 0 Å². The molecule has 1 heterocycles. The molecule has 0 saturated carbocycles. The molecule has 0 bridgehead atoms. The summed E-state index contributed by atoms with van der Waals surface area (Å²) in [6.07, 6.45) is 2.75. The molecule has 0 saturated heterocycles. The van der Waals surface area contributed by atoms with Crippen molar-refractivity contribution in [3.63, 3.8) is 0 Å². The number of thiophene rings is 1. The van der Waals surface area contributed by atoms with E-state index in [1.165, 1.54) is 0 Å². The van der Waals surface area contributed by atoms with E-state index in [0.717, 1.165) is 32.4 Å². The molecule has 0 spiro atoms. The number of carboxylic acids is 1. The van der Waals surface area contributed by atoms with Gasteiger partial charge in [-0.15, -0.1) is 11.3 Å². The maximum atomic E-state index is 10.6. The highest BCUT2D eigenvalue weighted by Gasteiger charge is 2.06. The summed E-state index contributed by atoms with van der Waals surface area (Å²) < 4.78 is 6.99. The summed E-state index contributed by atoms with van der Waals surface area (Å²) in [5, 5.41) is 9.72. The molecule has 3 nitrogen and oxygen atoms in total. The third kappa shape index (κ3) is 3.35. The molecule has 1 aromatic heterocycles. The lowest BCUT2D eigenvalue weighted by Crippen LogP contribution is -1.94. The number of benzene rings is 2. The molecule has 0 aliphatic rings. The molecule has 0 aliphatic heterocycles. The minimum Gasteiger partial charge on any atom is -0.488 e. The standard InChI is InChI=1S/C18H14O3S/c19-18(20)10-9-14-11-15-16(7-4-8-17(15)22-14)21-12-13-5-2-1-3-6-13/h1-11H,12H2,(H,19,20)/b10-9+. The number of hydrogen-bond donors (Lipinski definition) is 1. The van der Waals surface area contributed by atoms with E-state index in [1.54, 1.807) is 17.4 Å². The van der Waals surface area contributed by atoms with Crippen LogP contribution in [0, 0.1) is 0 Å². The topological polar surface area (TPSA) is 46.5 Å². The third-order valence-electron chi connectivity index (χ3n) is 3.17. The molecule has 4 heteroatoms. The summed E-state index contributed by atoms with van der Waals surface area (Å²) in [6, 6.07) is 17.8. The van der Waals surface area contributed by atoms with Crippen molar-refractivity contribution < 1.29 is 14.6 Å². The predicted molar refractivity (Wildman–Crippen MR) is 89.3 cm³/mol. The highest BCUT2D eigenvalue weighted by molar-refractivity contribution is 7.19. The fourth-order valence-corrected chi connectivity index (χ4v) is 3.13. The van der Waals surface area contributed by atoms with E-state index in [2.05, 4.69) is 0 Å². The molecule has 0 fully saturated rings. The number of hydrogen-bond acceptors (Lipinski definition) is 3. The van der Waals surface area contributed by atoms with Crippen LogP contribution in [-0.2, 0) is 11.4 Å². The summed E-state index contributed by atoms with van der Waals surface area (Å²) in [5.41, 5.74) is 1.11. The highest BCUT2D eigenvalue weighted by atomic mass is 32.1. The van der Waals surface area contributed by atoms with Crippen molar-refractivity contribution in [1.29, 1.82) is 0 Å². The van der Waals surface area contributed by atoms with Crippen LogP contribution in [0.3, 0.4) is 0 Å². The van der Waals surface area contributed by atoms with E-state index in [1.807, 2.05) is 54.6 Å². The fourth-order valence-electron chi connectivity index (χ4n) is 2.15. The van der Waals surface area contributed by atoms with Crippen LogP contribution < -0.4 is 4.74 Å². The Morgan fingerprint density at radius 1 is 1.14 bits per heavy atom. The van der Waals surface area contributed by atoms with Crippen LogP contribution >= 0.6 is 11.3 Å². The van der Waals surface area contributed by atoms with Crippen molar-refractivity contribution in [3.05, 3.63) is 71.1 Å². The molecule has 3 aromatic rings. The normalized spacial score (nSPS) is 11.1. The SMILES string of the molecule is O=C(O)/C=C/c1cc2c(OCc3ccccc3)cccc2s1. The Labute approximate surface area is 132 Å². The van der Waals surface area contributed by atoms with Gasteiger partial charge < -0.3 is 9.84 Å². The first-order valence-electron chi connectivity index (χ1n) is 6.83. The van der Waals surface area contributed by atoms with E-state index in [-0.39, 0.29) is 0 Å². The Morgan fingerprint density at radius 2 is 1.95 bits per heavy atom. The Bertz CT molecular complexity index is 819. The lowest BCUT2D eigenvalue weighted by molar-refractivity contribution is -0.131. The largest absolute Gasteiger partial charge is 0.488 e. The fraction of sp³-hybridized carbons (Fsp3) is 0.0556. The van der Waals surface area contributed by atoms with Crippen molar-refractivity contribution in [2.45, 2.75) is 6.61 Å². The first kappa shape index (κ1) is 14.4. The lowest BCUT2D eigenvalue weighted by Gasteiger charge is -2.07. The van der Waals surface area contributed by atoms with Gasteiger partial charge in [0.15, 0.2) is 0 Å². The van der Waals surface area contributed by atoms with Gasteiger partial charge in [-0.2, -0.15) is 0 Å². The van der Waals surface area contributed by atoms with Gasteiger partial charge in [-0.25, -0.2) is 4.79 Å². The molecule has 0 atom stereocenters. The molecule has 2 aromatic carbocycles. The molecular weight excluding hydrogens is 296 g/mol. The monoisotopic (exact) mass is 310 g/mol. The zero-order valence-corrected chi connectivity index (χ0v) is 12.5. The molecule has 110 valence electrons. The molecule has 1 N–H and O–H groups in total. The Balaban J connectivity index is 1.85. The van der Waals surface area contributed by atoms with Crippen molar-refractivity contribution in [2.24, 2.45) is 0 Å². The smallest absolute Gasteiger partial charge is 0.328 e. The number of carboxylic acid groups (broad SMARTS) is 1. The van der Waals surface area contributed by atoms with Crippen LogP contribution in [0.15, 0.2) is 60.7 Å². The van der Waals surface area contributed by atoms with Gasteiger partial charge in [0.1, 0.15) is 12.4 Å².